The van der Waals surface area contributed by atoms with Crippen molar-refractivity contribution in [3.63, 3.8) is 0 Å². The SMILES string of the molecule is CN(NC(=O)c1ccc(/C=C/C(c2cc(Cl)c(Cl)c(Cl)c2)C(F)(F)F)cc1C(F)(F)F)C(=O)NCCC(F)(F)F. The zero-order valence-electron chi connectivity index (χ0n) is 19.8. The van der Waals surface area contributed by atoms with E-state index in [-0.39, 0.29) is 20.6 Å². The summed E-state index contributed by atoms with van der Waals surface area (Å²) in [4.78, 5) is 24.3. The average Bonchev–Trinajstić information content (AvgIpc) is 2.80. The molecule has 2 aromatic rings. The van der Waals surface area contributed by atoms with E-state index in [4.69, 9.17) is 34.8 Å². The number of nitrogens with zero attached hydrogens (tertiary/aromatic N) is 1. The maximum atomic E-state index is 13.7. The fourth-order valence-electron chi connectivity index (χ4n) is 3.16. The van der Waals surface area contributed by atoms with Gasteiger partial charge in [0.2, 0.25) is 0 Å². The summed E-state index contributed by atoms with van der Waals surface area (Å²) in [6, 6.07) is 2.55. The maximum Gasteiger partial charge on any atom is 0.417 e. The molecule has 3 amide bonds. The van der Waals surface area contributed by atoms with Gasteiger partial charge in [-0.15, -0.1) is 0 Å². The first kappa shape index (κ1) is 33.4. The van der Waals surface area contributed by atoms with E-state index in [2.05, 4.69) is 0 Å². The third-order valence-electron chi connectivity index (χ3n) is 5.05. The van der Waals surface area contributed by atoms with Crippen LogP contribution in [0.25, 0.3) is 6.08 Å². The number of carbonyl (C=O) groups is 2. The van der Waals surface area contributed by atoms with E-state index in [9.17, 15) is 49.1 Å². The number of alkyl halides is 9. The van der Waals surface area contributed by atoms with Gasteiger partial charge in [-0.3, -0.25) is 10.2 Å². The summed E-state index contributed by atoms with van der Waals surface area (Å²) in [5, 5.41) is 1.41. The Labute approximate surface area is 235 Å². The Balaban J connectivity index is 2.33. The van der Waals surface area contributed by atoms with Crippen LogP contribution in [0.4, 0.5) is 44.3 Å². The van der Waals surface area contributed by atoms with Gasteiger partial charge in [-0.2, -0.15) is 39.5 Å². The first-order chi connectivity index (χ1) is 18.2. The minimum absolute atomic E-state index is 0.190. The molecule has 1 unspecified atom stereocenters. The molecule has 0 heterocycles. The molecule has 0 aromatic heterocycles. The van der Waals surface area contributed by atoms with Crippen LogP contribution in [0.1, 0.15) is 39.4 Å². The van der Waals surface area contributed by atoms with E-state index >= 15 is 0 Å². The van der Waals surface area contributed by atoms with E-state index in [1.165, 1.54) is 0 Å². The lowest BCUT2D eigenvalue weighted by Gasteiger charge is -2.21. The number of amides is 3. The Hall–Kier alpha value is -2.84. The number of hydrogen-bond acceptors (Lipinski definition) is 2. The van der Waals surface area contributed by atoms with Crippen molar-refractivity contribution in [2.75, 3.05) is 13.6 Å². The molecule has 0 saturated heterocycles. The van der Waals surface area contributed by atoms with Gasteiger partial charge in [-0.05, 0) is 35.4 Å². The standard InChI is InChI=1S/C23H17Cl3F9N3O2/c1-38(20(40)36-7-6-21(27,28)29)37-19(39)13-4-2-11(8-15(13)23(33,34)35)3-5-14(22(30,31)32)12-9-16(24)18(26)17(25)10-12/h2-5,8-10,14H,6-7H2,1H3,(H,36,40)(H,37,39)/b5-3+. The van der Waals surface area contributed by atoms with Crippen LogP contribution in [0.5, 0.6) is 0 Å². The van der Waals surface area contributed by atoms with Gasteiger partial charge in [-0.25, -0.2) is 9.80 Å². The van der Waals surface area contributed by atoms with E-state index in [0.29, 0.717) is 23.2 Å². The highest BCUT2D eigenvalue weighted by atomic mass is 35.5. The highest BCUT2D eigenvalue weighted by Gasteiger charge is 2.40. The summed E-state index contributed by atoms with van der Waals surface area (Å²) in [6.07, 6.45) is -14.7. The van der Waals surface area contributed by atoms with Crippen LogP contribution < -0.4 is 10.7 Å². The minimum atomic E-state index is -5.16. The molecule has 40 heavy (non-hydrogen) atoms. The molecule has 2 rings (SSSR count). The minimum Gasteiger partial charge on any atom is -0.336 e. The summed E-state index contributed by atoms with van der Waals surface area (Å²) in [7, 11) is 0.873. The first-order valence-electron chi connectivity index (χ1n) is 10.7. The smallest absolute Gasteiger partial charge is 0.336 e. The third-order valence-corrected chi connectivity index (χ3v) is 6.25. The normalized spacial score (nSPS) is 13.3. The average molecular weight is 645 g/mol. The van der Waals surface area contributed by atoms with Crippen molar-refractivity contribution in [1.82, 2.24) is 15.8 Å². The Morgan fingerprint density at radius 2 is 1.52 bits per heavy atom. The van der Waals surface area contributed by atoms with Gasteiger partial charge in [0.15, 0.2) is 0 Å². The topological polar surface area (TPSA) is 61.4 Å². The van der Waals surface area contributed by atoms with Crippen molar-refractivity contribution >= 4 is 52.8 Å². The maximum absolute atomic E-state index is 13.7. The van der Waals surface area contributed by atoms with Gasteiger partial charge < -0.3 is 5.32 Å². The van der Waals surface area contributed by atoms with Crippen LogP contribution in [0.3, 0.4) is 0 Å². The van der Waals surface area contributed by atoms with Crippen molar-refractivity contribution in [3.05, 3.63) is 73.7 Å². The van der Waals surface area contributed by atoms with Gasteiger partial charge >= 0.3 is 24.6 Å². The summed E-state index contributed by atoms with van der Waals surface area (Å²) >= 11 is 17.4. The molecule has 0 spiro atoms. The molecule has 220 valence electrons. The second-order valence-electron chi connectivity index (χ2n) is 8.08. The highest BCUT2D eigenvalue weighted by Crippen LogP contribution is 2.41. The molecule has 0 radical (unpaired) electrons. The molecule has 2 N–H and O–H groups in total. The molecular formula is C23H17Cl3F9N3O2. The van der Waals surface area contributed by atoms with E-state index < -0.39 is 66.0 Å². The number of halogens is 12. The van der Waals surface area contributed by atoms with E-state index in [1.807, 2.05) is 5.32 Å². The van der Waals surface area contributed by atoms with Gasteiger partial charge in [-0.1, -0.05) is 53.0 Å². The molecule has 5 nitrogen and oxygen atoms in total. The summed E-state index contributed by atoms with van der Waals surface area (Å²) < 4.78 is 119. The molecule has 0 saturated carbocycles. The Bertz CT molecular complexity index is 1260. The van der Waals surface area contributed by atoms with Crippen molar-refractivity contribution in [2.24, 2.45) is 0 Å². The van der Waals surface area contributed by atoms with Gasteiger partial charge in [0.1, 0.15) is 0 Å². The fourth-order valence-corrected chi connectivity index (χ4v) is 3.78. The van der Waals surface area contributed by atoms with Gasteiger partial charge in [0.05, 0.1) is 38.5 Å². The van der Waals surface area contributed by atoms with E-state index in [1.54, 1.807) is 5.43 Å². The van der Waals surface area contributed by atoms with Crippen molar-refractivity contribution in [3.8, 4) is 0 Å². The number of hydrazine groups is 1. The Morgan fingerprint density at radius 3 is 2.02 bits per heavy atom. The lowest BCUT2D eigenvalue weighted by atomic mass is 9.96. The van der Waals surface area contributed by atoms with Gasteiger partial charge in [0, 0.05) is 13.6 Å². The van der Waals surface area contributed by atoms with Crippen LogP contribution >= 0.6 is 34.8 Å². The molecule has 2 aromatic carbocycles. The largest absolute Gasteiger partial charge is 0.417 e. The van der Waals surface area contributed by atoms with Crippen LogP contribution in [0.2, 0.25) is 15.1 Å². The predicted octanol–water partition coefficient (Wildman–Crippen LogP) is 8.26. The third kappa shape index (κ3) is 9.37. The number of benzene rings is 2. The lowest BCUT2D eigenvalue weighted by Crippen LogP contribution is -2.49. The molecule has 0 aliphatic heterocycles. The zero-order valence-corrected chi connectivity index (χ0v) is 22.1. The fraction of sp³-hybridized carbons (Fsp3) is 0.304. The number of allylic oxidation sites excluding steroid dienone is 1. The van der Waals surface area contributed by atoms with Crippen LogP contribution in [0.15, 0.2) is 36.4 Å². The van der Waals surface area contributed by atoms with E-state index in [0.717, 1.165) is 31.3 Å². The molecule has 0 aliphatic carbocycles. The van der Waals surface area contributed by atoms with Crippen LogP contribution in [0, 0.1) is 0 Å². The second-order valence-corrected chi connectivity index (χ2v) is 9.27. The van der Waals surface area contributed by atoms with Crippen LogP contribution in [-0.2, 0) is 6.18 Å². The molecule has 0 aliphatic rings. The number of hydrogen-bond donors (Lipinski definition) is 2. The van der Waals surface area contributed by atoms with Crippen molar-refractivity contribution in [2.45, 2.75) is 30.9 Å². The Morgan fingerprint density at radius 1 is 0.950 bits per heavy atom. The zero-order chi connectivity index (χ0) is 30.6. The molecule has 0 bridgehead atoms. The Kier molecular flexibility index (Phi) is 10.7. The highest BCUT2D eigenvalue weighted by molar-refractivity contribution is 6.48. The summed E-state index contributed by atoms with van der Waals surface area (Å²) in [5.41, 5.74) is -1.60. The number of urea groups is 1. The second kappa shape index (κ2) is 12.8. The molecule has 1 atom stereocenters. The van der Waals surface area contributed by atoms with Gasteiger partial charge in [0.25, 0.3) is 5.91 Å². The van der Waals surface area contributed by atoms with Crippen molar-refractivity contribution < 1.29 is 49.1 Å². The van der Waals surface area contributed by atoms with Crippen LogP contribution in [-0.4, -0.2) is 42.9 Å². The lowest BCUT2D eigenvalue weighted by molar-refractivity contribution is -0.139. The quantitative estimate of drug-likeness (QED) is 0.189. The molecule has 17 heteroatoms. The number of nitrogens with one attached hydrogen (secondary N) is 2. The molecular weight excluding hydrogens is 628 g/mol. The van der Waals surface area contributed by atoms with Crippen molar-refractivity contribution in [1.29, 1.82) is 0 Å². The predicted molar refractivity (Wildman–Crippen MR) is 130 cm³/mol. The first-order valence-corrected chi connectivity index (χ1v) is 11.8. The number of rotatable bonds is 6. The number of carbonyl (C=O) groups excluding carboxylic acids is 2. The summed E-state index contributed by atoms with van der Waals surface area (Å²) in [5.74, 6) is -3.81. The monoisotopic (exact) mass is 643 g/mol. The molecule has 0 fully saturated rings. The summed E-state index contributed by atoms with van der Waals surface area (Å²) in [6.45, 7) is -0.856.